The largest absolute Gasteiger partial charge is 0.494 e. The van der Waals surface area contributed by atoms with Gasteiger partial charge in [-0.1, -0.05) is 12.1 Å². The van der Waals surface area contributed by atoms with Gasteiger partial charge >= 0.3 is 0 Å². The van der Waals surface area contributed by atoms with Crippen molar-refractivity contribution in [3.63, 3.8) is 0 Å². The lowest BCUT2D eigenvalue weighted by Gasteiger charge is -2.32. The summed E-state index contributed by atoms with van der Waals surface area (Å²) in [6.45, 7) is 11.2. The lowest BCUT2D eigenvalue weighted by molar-refractivity contribution is -0.126. The van der Waals surface area contributed by atoms with Gasteiger partial charge in [0.15, 0.2) is 0 Å². The number of rotatable bonds is 7. The predicted molar refractivity (Wildman–Crippen MR) is 126 cm³/mol. The molecule has 2 unspecified atom stereocenters. The van der Waals surface area contributed by atoms with Crippen molar-refractivity contribution in [1.29, 1.82) is 0 Å². The molecular formula is C25H34N2O4S. The Morgan fingerprint density at radius 2 is 1.78 bits per heavy atom. The van der Waals surface area contributed by atoms with Crippen LogP contribution in [-0.4, -0.2) is 38.3 Å². The molecule has 1 fully saturated rings. The maximum absolute atomic E-state index is 13.1. The van der Waals surface area contributed by atoms with E-state index in [1.54, 1.807) is 24.3 Å². The van der Waals surface area contributed by atoms with Crippen LogP contribution in [0.25, 0.3) is 0 Å². The van der Waals surface area contributed by atoms with Crippen LogP contribution in [0.4, 0.5) is 0 Å². The van der Waals surface area contributed by atoms with Crippen molar-refractivity contribution >= 4 is 15.9 Å². The second-order valence-corrected chi connectivity index (χ2v) is 10.6. The van der Waals surface area contributed by atoms with E-state index in [4.69, 9.17) is 4.74 Å². The van der Waals surface area contributed by atoms with E-state index < -0.39 is 10.0 Å². The summed E-state index contributed by atoms with van der Waals surface area (Å²) in [4.78, 5) is 13.2. The first-order valence-electron chi connectivity index (χ1n) is 11.2. The van der Waals surface area contributed by atoms with Gasteiger partial charge in [-0.3, -0.25) is 4.79 Å². The lowest BCUT2D eigenvalue weighted by atomic mass is 9.95. The van der Waals surface area contributed by atoms with Crippen molar-refractivity contribution in [3.8, 4) is 5.75 Å². The number of nitrogens with one attached hydrogen (secondary N) is 1. The highest BCUT2D eigenvalue weighted by molar-refractivity contribution is 7.89. The summed E-state index contributed by atoms with van der Waals surface area (Å²) in [5.41, 5.74) is 4.66. The zero-order valence-electron chi connectivity index (χ0n) is 19.6. The van der Waals surface area contributed by atoms with E-state index in [0.29, 0.717) is 31.7 Å². The summed E-state index contributed by atoms with van der Waals surface area (Å²) < 4.78 is 33.1. The summed E-state index contributed by atoms with van der Waals surface area (Å²) in [6.07, 6.45) is 1.34. The molecule has 1 N–H and O–H groups in total. The molecule has 0 saturated carbocycles. The quantitative estimate of drug-likeness (QED) is 0.672. The normalized spacial score (nSPS) is 18.2. The van der Waals surface area contributed by atoms with Crippen LogP contribution in [0.2, 0.25) is 0 Å². The molecule has 2 aromatic carbocycles. The number of aryl methyl sites for hydroxylation is 3. The lowest BCUT2D eigenvalue weighted by Crippen LogP contribution is -2.45. The zero-order valence-corrected chi connectivity index (χ0v) is 20.5. The van der Waals surface area contributed by atoms with Crippen LogP contribution in [0.15, 0.2) is 41.3 Å². The molecule has 0 spiro atoms. The Morgan fingerprint density at radius 3 is 2.44 bits per heavy atom. The van der Waals surface area contributed by atoms with Crippen LogP contribution in [0.1, 0.15) is 55.0 Å². The van der Waals surface area contributed by atoms with E-state index in [1.807, 2.05) is 13.8 Å². The average molecular weight is 459 g/mol. The third kappa shape index (κ3) is 5.33. The minimum absolute atomic E-state index is 0.0956. The zero-order chi connectivity index (χ0) is 23.5. The molecule has 0 aliphatic carbocycles. The Morgan fingerprint density at radius 1 is 1.12 bits per heavy atom. The Kier molecular flexibility index (Phi) is 7.62. The topological polar surface area (TPSA) is 75.7 Å². The molecule has 0 bridgehead atoms. The number of carbonyl (C=O) groups is 1. The van der Waals surface area contributed by atoms with Crippen molar-refractivity contribution in [3.05, 3.63) is 58.7 Å². The molecule has 1 heterocycles. The van der Waals surface area contributed by atoms with E-state index in [0.717, 1.165) is 11.1 Å². The van der Waals surface area contributed by atoms with E-state index >= 15 is 0 Å². The van der Waals surface area contributed by atoms with Crippen LogP contribution in [-0.2, 0) is 14.8 Å². The molecule has 1 aliphatic rings. The van der Waals surface area contributed by atoms with Crippen molar-refractivity contribution in [2.75, 3.05) is 19.7 Å². The van der Waals surface area contributed by atoms with E-state index in [-0.39, 0.29) is 29.3 Å². The van der Waals surface area contributed by atoms with Crippen molar-refractivity contribution in [1.82, 2.24) is 9.62 Å². The van der Waals surface area contributed by atoms with Gasteiger partial charge in [-0.25, -0.2) is 8.42 Å². The number of hydrogen-bond acceptors (Lipinski definition) is 4. The van der Waals surface area contributed by atoms with Crippen LogP contribution in [0, 0.1) is 26.7 Å². The van der Waals surface area contributed by atoms with E-state index in [1.165, 1.54) is 15.4 Å². The van der Waals surface area contributed by atoms with Gasteiger partial charge in [-0.05, 0) is 94.0 Å². The molecule has 2 aromatic rings. The number of sulfonamides is 1. The monoisotopic (exact) mass is 458 g/mol. The molecule has 1 aliphatic heterocycles. The SMILES string of the molecule is CCOc1ccc(S(=O)(=O)N2CCCC(C(=O)NC(C)c3cc(C)c(C)cc3C)C2)cc1. The van der Waals surface area contributed by atoms with Crippen LogP contribution in [0.3, 0.4) is 0 Å². The Balaban J connectivity index is 1.69. The maximum Gasteiger partial charge on any atom is 0.243 e. The van der Waals surface area contributed by atoms with E-state index in [2.05, 4.69) is 38.2 Å². The minimum atomic E-state index is -3.66. The summed E-state index contributed by atoms with van der Waals surface area (Å²) in [7, 11) is -3.66. The summed E-state index contributed by atoms with van der Waals surface area (Å²) in [5.74, 6) is 0.176. The number of piperidine rings is 1. The fourth-order valence-corrected chi connectivity index (χ4v) is 5.78. The maximum atomic E-state index is 13.1. The number of hydrogen-bond donors (Lipinski definition) is 1. The summed E-state index contributed by atoms with van der Waals surface area (Å²) in [6, 6.07) is 10.6. The minimum Gasteiger partial charge on any atom is -0.494 e. The van der Waals surface area contributed by atoms with Crippen molar-refractivity contribution in [2.45, 2.75) is 58.4 Å². The molecule has 7 heteroatoms. The van der Waals surface area contributed by atoms with Gasteiger partial charge in [-0.2, -0.15) is 4.31 Å². The third-order valence-electron chi connectivity index (χ3n) is 6.24. The highest BCUT2D eigenvalue weighted by Gasteiger charge is 2.33. The second-order valence-electron chi connectivity index (χ2n) is 8.63. The van der Waals surface area contributed by atoms with Gasteiger partial charge in [0.05, 0.1) is 23.5 Å². The molecule has 1 amide bonds. The van der Waals surface area contributed by atoms with Gasteiger partial charge in [0.25, 0.3) is 0 Å². The summed E-state index contributed by atoms with van der Waals surface area (Å²) >= 11 is 0. The van der Waals surface area contributed by atoms with Gasteiger partial charge in [0.2, 0.25) is 15.9 Å². The Hall–Kier alpha value is -2.38. The number of nitrogens with zero attached hydrogens (tertiary/aromatic N) is 1. The number of amides is 1. The Bertz CT molecular complexity index is 1060. The summed E-state index contributed by atoms with van der Waals surface area (Å²) in [5, 5.41) is 3.11. The molecule has 0 radical (unpaired) electrons. The first kappa shape index (κ1) is 24.3. The van der Waals surface area contributed by atoms with Gasteiger partial charge in [0.1, 0.15) is 5.75 Å². The number of benzene rings is 2. The van der Waals surface area contributed by atoms with Crippen molar-refractivity contribution < 1.29 is 17.9 Å². The van der Waals surface area contributed by atoms with Crippen LogP contribution in [0.5, 0.6) is 5.75 Å². The highest BCUT2D eigenvalue weighted by atomic mass is 32.2. The third-order valence-corrected chi connectivity index (χ3v) is 8.11. The first-order chi connectivity index (χ1) is 15.1. The second kappa shape index (κ2) is 10.0. The molecule has 3 rings (SSSR count). The Labute approximate surface area is 192 Å². The molecule has 1 saturated heterocycles. The van der Waals surface area contributed by atoms with Gasteiger partial charge in [0, 0.05) is 13.1 Å². The number of carbonyl (C=O) groups excluding carboxylic acids is 1. The standard InChI is InChI=1S/C25H34N2O4S/c1-6-31-22-9-11-23(12-10-22)32(29,30)27-13-7-8-21(16-27)25(28)26-20(5)24-15-18(3)17(2)14-19(24)4/h9-12,14-15,20-21H,6-8,13,16H2,1-5H3,(H,26,28). The fourth-order valence-electron chi connectivity index (χ4n) is 4.26. The smallest absolute Gasteiger partial charge is 0.243 e. The van der Waals surface area contributed by atoms with Gasteiger partial charge in [-0.15, -0.1) is 0 Å². The fraction of sp³-hybridized carbons (Fsp3) is 0.480. The molecule has 2 atom stereocenters. The van der Waals surface area contributed by atoms with Crippen molar-refractivity contribution in [2.24, 2.45) is 5.92 Å². The highest BCUT2D eigenvalue weighted by Crippen LogP contribution is 2.27. The molecular weight excluding hydrogens is 424 g/mol. The van der Waals surface area contributed by atoms with Crippen LogP contribution < -0.4 is 10.1 Å². The average Bonchev–Trinajstić information content (AvgIpc) is 2.77. The number of ether oxygens (including phenoxy) is 1. The van der Waals surface area contributed by atoms with E-state index in [9.17, 15) is 13.2 Å². The predicted octanol–water partition coefficient (Wildman–Crippen LogP) is 4.29. The molecule has 0 aromatic heterocycles. The first-order valence-corrected chi connectivity index (χ1v) is 12.7. The molecule has 6 nitrogen and oxygen atoms in total. The molecule has 174 valence electrons. The molecule has 32 heavy (non-hydrogen) atoms. The van der Waals surface area contributed by atoms with Crippen LogP contribution >= 0.6 is 0 Å². The van der Waals surface area contributed by atoms with Gasteiger partial charge < -0.3 is 10.1 Å².